The molecule has 1 heterocycles. The molecule has 0 saturated heterocycles. The van der Waals surface area contributed by atoms with Gasteiger partial charge in [-0.05, 0) is 35.5 Å². The van der Waals surface area contributed by atoms with Gasteiger partial charge in [-0.2, -0.15) is 0 Å². The second kappa shape index (κ2) is 3.25. The number of ether oxygens (including phenoxy) is 1. The van der Waals surface area contributed by atoms with Crippen molar-refractivity contribution in [3.63, 3.8) is 0 Å². The summed E-state index contributed by atoms with van der Waals surface area (Å²) in [6.07, 6.45) is 3.98. The van der Waals surface area contributed by atoms with E-state index < -0.39 is 0 Å². The zero-order valence-corrected chi connectivity index (χ0v) is 8.32. The number of rotatable bonds is 1. The number of nitrogens with zero attached hydrogens (tertiary/aromatic N) is 1. The van der Waals surface area contributed by atoms with Gasteiger partial charge < -0.3 is 14.7 Å². The fourth-order valence-corrected chi connectivity index (χ4v) is 1.61. The summed E-state index contributed by atoms with van der Waals surface area (Å²) in [7, 11) is 3.57. The molecule has 1 aliphatic heterocycles. The molecule has 0 amide bonds. The smallest absolute Gasteiger partial charge is 0.160 e. The maximum absolute atomic E-state index is 9.56. The molecular weight excluding hydrogens is 178 g/mol. The number of fused-ring (bicyclic) bond motifs is 1. The summed E-state index contributed by atoms with van der Waals surface area (Å²) in [4.78, 5) is 2.08. The first kappa shape index (κ1) is 8.94. The highest BCUT2D eigenvalue weighted by Gasteiger charge is 2.11. The molecule has 0 spiro atoms. The van der Waals surface area contributed by atoms with Gasteiger partial charge in [-0.25, -0.2) is 0 Å². The minimum atomic E-state index is 0.195. The third-order valence-corrected chi connectivity index (χ3v) is 2.37. The number of methoxy groups -OCH3 is 1. The summed E-state index contributed by atoms with van der Waals surface area (Å²) in [6.45, 7) is 0.850. The third-order valence-electron chi connectivity index (χ3n) is 2.37. The van der Waals surface area contributed by atoms with Crippen LogP contribution in [0.2, 0.25) is 0 Å². The Bertz CT molecular complexity index is 385. The molecule has 0 bridgehead atoms. The Balaban J connectivity index is 2.48. The molecule has 0 radical (unpaired) electrons. The van der Waals surface area contributed by atoms with E-state index in [1.54, 1.807) is 13.2 Å². The van der Waals surface area contributed by atoms with E-state index in [9.17, 15) is 5.11 Å². The Kier molecular flexibility index (Phi) is 2.08. The van der Waals surface area contributed by atoms with E-state index in [2.05, 4.69) is 4.90 Å². The van der Waals surface area contributed by atoms with Crippen LogP contribution in [0.5, 0.6) is 11.5 Å². The lowest BCUT2D eigenvalue weighted by molar-refractivity contribution is 0.370. The summed E-state index contributed by atoms with van der Waals surface area (Å²) in [5.41, 5.74) is 2.23. The van der Waals surface area contributed by atoms with Gasteiger partial charge in [-0.15, -0.1) is 0 Å². The van der Waals surface area contributed by atoms with Crippen molar-refractivity contribution >= 4 is 6.08 Å². The fourth-order valence-electron chi connectivity index (χ4n) is 1.61. The first-order valence-electron chi connectivity index (χ1n) is 4.49. The monoisotopic (exact) mass is 191 g/mol. The van der Waals surface area contributed by atoms with Gasteiger partial charge in [0.1, 0.15) is 0 Å². The average Bonchev–Trinajstić information content (AvgIpc) is 2.17. The molecule has 74 valence electrons. The van der Waals surface area contributed by atoms with E-state index in [1.807, 2.05) is 25.4 Å². The van der Waals surface area contributed by atoms with Crippen molar-refractivity contribution in [1.82, 2.24) is 4.90 Å². The Hall–Kier alpha value is -1.64. The van der Waals surface area contributed by atoms with Crippen LogP contribution in [0.1, 0.15) is 11.1 Å². The van der Waals surface area contributed by atoms with Crippen molar-refractivity contribution in [1.29, 1.82) is 0 Å². The third kappa shape index (κ3) is 1.41. The van der Waals surface area contributed by atoms with Crippen LogP contribution in [0.3, 0.4) is 0 Å². The molecule has 3 nitrogen and oxygen atoms in total. The Labute approximate surface area is 83.2 Å². The Morgan fingerprint density at radius 3 is 2.93 bits per heavy atom. The van der Waals surface area contributed by atoms with Gasteiger partial charge in [0, 0.05) is 13.6 Å². The SMILES string of the molecule is COc1cc2c(cc1O)C=CN(C)C2. The molecule has 1 aromatic rings. The second-order valence-corrected chi connectivity index (χ2v) is 3.45. The summed E-state index contributed by atoms with van der Waals surface area (Å²) in [6, 6.07) is 3.61. The maximum atomic E-state index is 9.56. The molecule has 0 aromatic heterocycles. The zero-order valence-electron chi connectivity index (χ0n) is 8.32. The molecule has 0 aliphatic carbocycles. The summed E-state index contributed by atoms with van der Waals surface area (Å²) >= 11 is 0. The first-order valence-corrected chi connectivity index (χ1v) is 4.49. The Morgan fingerprint density at radius 2 is 2.21 bits per heavy atom. The molecule has 1 aliphatic rings. The Morgan fingerprint density at radius 1 is 1.43 bits per heavy atom. The zero-order chi connectivity index (χ0) is 10.1. The molecule has 1 aromatic carbocycles. The quantitative estimate of drug-likeness (QED) is 0.735. The molecule has 0 atom stereocenters. The van der Waals surface area contributed by atoms with Crippen molar-refractivity contribution in [3.05, 3.63) is 29.5 Å². The van der Waals surface area contributed by atoms with Gasteiger partial charge >= 0.3 is 0 Å². The van der Waals surface area contributed by atoms with Crippen LogP contribution in [0.15, 0.2) is 18.3 Å². The number of phenols is 1. The predicted molar refractivity (Wildman–Crippen MR) is 55.2 cm³/mol. The lowest BCUT2D eigenvalue weighted by Crippen LogP contribution is -2.14. The van der Waals surface area contributed by atoms with Crippen molar-refractivity contribution in [2.75, 3.05) is 14.2 Å². The van der Waals surface area contributed by atoms with E-state index in [0.29, 0.717) is 5.75 Å². The summed E-state index contributed by atoms with van der Waals surface area (Å²) in [5.74, 6) is 0.730. The first-order chi connectivity index (χ1) is 6.70. The average molecular weight is 191 g/mol. The topological polar surface area (TPSA) is 32.7 Å². The largest absolute Gasteiger partial charge is 0.504 e. The van der Waals surface area contributed by atoms with Crippen LogP contribution in [0.4, 0.5) is 0 Å². The molecule has 14 heavy (non-hydrogen) atoms. The van der Waals surface area contributed by atoms with Gasteiger partial charge in [0.25, 0.3) is 0 Å². The highest BCUT2D eigenvalue weighted by molar-refractivity contribution is 5.61. The second-order valence-electron chi connectivity index (χ2n) is 3.45. The van der Waals surface area contributed by atoms with Gasteiger partial charge in [0.15, 0.2) is 11.5 Å². The van der Waals surface area contributed by atoms with Crippen LogP contribution in [0, 0.1) is 0 Å². The molecule has 0 saturated carbocycles. The van der Waals surface area contributed by atoms with E-state index in [4.69, 9.17) is 4.74 Å². The number of aromatic hydroxyl groups is 1. The number of hydrogen-bond acceptors (Lipinski definition) is 3. The van der Waals surface area contributed by atoms with Crippen LogP contribution >= 0.6 is 0 Å². The van der Waals surface area contributed by atoms with Crippen LogP contribution in [-0.2, 0) is 6.54 Å². The van der Waals surface area contributed by atoms with Crippen molar-refractivity contribution < 1.29 is 9.84 Å². The summed E-state index contributed by atoms with van der Waals surface area (Å²) < 4.78 is 5.05. The standard InChI is InChI=1S/C11H13NO2/c1-12-4-3-8-5-10(13)11(14-2)6-9(8)7-12/h3-6,13H,7H2,1-2H3. The molecular formula is C11H13NO2. The normalized spacial score (nSPS) is 14.0. The molecule has 3 heteroatoms. The van der Waals surface area contributed by atoms with E-state index in [0.717, 1.165) is 12.1 Å². The molecule has 0 fully saturated rings. The number of phenolic OH excluding ortho intramolecular Hbond substituents is 1. The van der Waals surface area contributed by atoms with Gasteiger partial charge in [0.2, 0.25) is 0 Å². The molecule has 1 N–H and O–H groups in total. The number of hydrogen-bond donors (Lipinski definition) is 1. The maximum Gasteiger partial charge on any atom is 0.160 e. The van der Waals surface area contributed by atoms with E-state index in [-0.39, 0.29) is 5.75 Å². The fraction of sp³-hybridized carbons (Fsp3) is 0.273. The van der Waals surface area contributed by atoms with Gasteiger partial charge in [-0.3, -0.25) is 0 Å². The predicted octanol–water partition coefficient (Wildman–Crippen LogP) is 1.82. The highest BCUT2D eigenvalue weighted by atomic mass is 16.5. The lowest BCUT2D eigenvalue weighted by atomic mass is 10.0. The van der Waals surface area contributed by atoms with Gasteiger partial charge in [-0.1, -0.05) is 0 Å². The lowest BCUT2D eigenvalue weighted by Gasteiger charge is -2.21. The minimum absolute atomic E-state index is 0.195. The van der Waals surface area contributed by atoms with Gasteiger partial charge in [0.05, 0.1) is 7.11 Å². The van der Waals surface area contributed by atoms with E-state index in [1.165, 1.54) is 5.56 Å². The molecule has 2 rings (SSSR count). The van der Waals surface area contributed by atoms with Crippen molar-refractivity contribution in [2.24, 2.45) is 0 Å². The summed E-state index contributed by atoms with van der Waals surface area (Å²) in [5, 5.41) is 9.56. The van der Waals surface area contributed by atoms with Crippen molar-refractivity contribution in [2.45, 2.75) is 6.54 Å². The van der Waals surface area contributed by atoms with E-state index >= 15 is 0 Å². The highest BCUT2D eigenvalue weighted by Crippen LogP contribution is 2.32. The number of benzene rings is 1. The van der Waals surface area contributed by atoms with Crippen LogP contribution < -0.4 is 4.74 Å². The van der Waals surface area contributed by atoms with Crippen LogP contribution in [0.25, 0.3) is 6.08 Å². The van der Waals surface area contributed by atoms with Crippen molar-refractivity contribution in [3.8, 4) is 11.5 Å². The minimum Gasteiger partial charge on any atom is -0.504 e. The van der Waals surface area contributed by atoms with Crippen LogP contribution in [-0.4, -0.2) is 24.2 Å². The molecule has 0 unspecified atom stereocenters.